The maximum Gasteiger partial charge on any atom is 0.127 e. The van der Waals surface area contributed by atoms with Crippen molar-refractivity contribution in [3.63, 3.8) is 0 Å². The minimum absolute atomic E-state index is 0.134. The summed E-state index contributed by atoms with van der Waals surface area (Å²) in [6.45, 7) is 2.03. The third kappa shape index (κ3) is 1.89. The van der Waals surface area contributed by atoms with Crippen LogP contribution in [-0.2, 0) is 0 Å². The van der Waals surface area contributed by atoms with E-state index in [2.05, 4.69) is 34.9 Å². The van der Waals surface area contributed by atoms with Gasteiger partial charge >= 0.3 is 0 Å². The summed E-state index contributed by atoms with van der Waals surface area (Å²) in [4.78, 5) is 0. The van der Waals surface area contributed by atoms with Crippen LogP contribution in [0.2, 0.25) is 0 Å². The van der Waals surface area contributed by atoms with Crippen LogP contribution >= 0.6 is 0 Å². The van der Waals surface area contributed by atoms with Crippen molar-refractivity contribution in [3.8, 4) is 5.75 Å². The summed E-state index contributed by atoms with van der Waals surface area (Å²) in [5, 5.41) is 19.5. The Hall–Kier alpha value is -2.68. The monoisotopic (exact) mass is 276 g/mol. The predicted molar refractivity (Wildman–Crippen MR) is 86.8 cm³/mol. The van der Waals surface area contributed by atoms with Crippen molar-refractivity contribution >= 4 is 22.1 Å². The zero-order valence-corrected chi connectivity index (χ0v) is 11.7. The number of hydrogen-bond acceptors (Lipinski definition) is 3. The Morgan fingerprint density at radius 1 is 0.905 bits per heavy atom. The van der Waals surface area contributed by atoms with E-state index in [1.807, 2.05) is 31.2 Å². The molecule has 1 aliphatic rings. The summed E-state index contributed by atoms with van der Waals surface area (Å²) in [6.07, 6.45) is -0.134. The molecule has 1 heterocycles. The molecule has 1 aliphatic heterocycles. The Morgan fingerprint density at radius 3 is 2.24 bits per heavy atom. The summed E-state index contributed by atoms with van der Waals surface area (Å²) < 4.78 is 0. The fraction of sp³-hybridized carbons (Fsp3) is 0.111. The van der Waals surface area contributed by atoms with E-state index in [4.69, 9.17) is 0 Å². The molecule has 104 valence electrons. The van der Waals surface area contributed by atoms with Crippen molar-refractivity contribution in [1.29, 1.82) is 0 Å². The molecule has 3 N–H and O–H groups in total. The lowest BCUT2D eigenvalue weighted by Gasteiger charge is -2.30. The maximum atomic E-state index is 10.1. The number of anilines is 2. The van der Waals surface area contributed by atoms with Crippen LogP contribution in [-0.4, -0.2) is 5.11 Å². The normalized spacial score (nSPS) is 13.8. The highest BCUT2D eigenvalue weighted by Gasteiger charge is 2.22. The SMILES string of the molecule is Cc1ccc(O)c(C2Nc3cccc4cccc(c34)N2)c1. The molecule has 0 saturated carbocycles. The van der Waals surface area contributed by atoms with Crippen LogP contribution in [0.5, 0.6) is 5.75 Å². The average molecular weight is 276 g/mol. The number of nitrogens with one attached hydrogen (secondary N) is 2. The molecule has 0 atom stereocenters. The van der Waals surface area contributed by atoms with Gasteiger partial charge in [0, 0.05) is 22.3 Å². The lowest BCUT2D eigenvalue weighted by molar-refractivity contribution is 0.465. The second-order valence-electron chi connectivity index (χ2n) is 5.49. The Morgan fingerprint density at radius 2 is 1.57 bits per heavy atom. The minimum Gasteiger partial charge on any atom is -0.508 e. The second kappa shape index (κ2) is 4.42. The van der Waals surface area contributed by atoms with E-state index in [0.29, 0.717) is 5.75 Å². The molecule has 0 aromatic heterocycles. The Labute approximate surface area is 123 Å². The van der Waals surface area contributed by atoms with Crippen molar-refractivity contribution in [1.82, 2.24) is 0 Å². The first-order valence-electron chi connectivity index (χ1n) is 7.07. The molecular formula is C18H16N2O. The molecule has 0 unspecified atom stereocenters. The van der Waals surface area contributed by atoms with Gasteiger partial charge in [-0.2, -0.15) is 0 Å². The van der Waals surface area contributed by atoms with Crippen LogP contribution in [0.25, 0.3) is 10.8 Å². The first-order valence-corrected chi connectivity index (χ1v) is 7.07. The van der Waals surface area contributed by atoms with Crippen molar-refractivity contribution in [2.45, 2.75) is 13.1 Å². The molecule has 3 nitrogen and oxygen atoms in total. The third-order valence-electron chi connectivity index (χ3n) is 4.00. The maximum absolute atomic E-state index is 10.1. The van der Waals surface area contributed by atoms with E-state index >= 15 is 0 Å². The lowest BCUT2D eigenvalue weighted by Crippen LogP contribution is -2.23. The zero-order chi connectivity index (χ0) is 14.4. The largest absolute Gasteiger partial charge is 0.508 e. The molecular weight excluding hydrogens is 260 g/mol. The number of hydrogen-bond donors (Lipinski definition) is 3. The topological polar surface area (TPSA) is 44.3 Å². The molecule has 3 aromatic rings. The highest BCUT2D eigenvalue weighted by atomic mass is 16.3. The summed E-state index contributed by atoms with van der Waals surface area (Å²) in [7, 11) is 0. The van der Waals surface area contributed by atoms with E-state index < -0.39 is 0 Å². The van der Waals surface area contributed by atoms with Crippen molar-refractivity contribution in [3.05, 3.63) is 65.7 Å². The highest BCUT2D eigenvalue weighted by Crippen LogP contribution is 2.40. The molecule has 0 radical (unpaired) electrons. The molecule has 4 rings (SSSR count). The van der Waals surface area contributed by atoms with E-state index in [1.165, 1.54) is 10.8 Å². The van der Waals surface area contributed by atoms with Crippen LogP contribution in [0.4, 0.5) is 11.4 Å². The van der Waals surface area contributed by atoms with Gasteiger partial charge in [0.2, 0.25) is 0 Å². The number of benzene rings is 3. The van der Waals surface area contributed by atoms with Gasteiger partial charge in [0.05, 0.1) is 0 Å². The number of aryl methyl sites for hydroxylation is 1. The fourth-order valence-electron chi connectivity index (χ4n) is 2.99. The van der Waals surface area contributed by atoms with E-state index in [-0.39, 0.29) is 6.17 Å². The first-order chi connectivity index (χ1) is 10.2. The van der Waals surface area contributed by atoms with Gasteiger partial charge in [0.1, 0.15) is 11.9 Å². The number of phenolic OH excluding ortho intramolecular Hbond substituents is 1. The number of aromatic hydroxyl groups is 1. The van der Waals surface area contributed by atoms with E-state index in [9.17, 15) is 5.11 Å². The van der Waals surface area contributed by atoms with Gasteiger partial charge < -0.3 is 15.7 Å². The third-order valence-corrected chi connectivity index (χ3v) is 4.00. The lowest BCUT2D eigenvalue weighted by atomic mass is 10.0. The molecule has 21 heavy (non-hydrogen) atoms. The average Bonchev–Trinajstić information content (AvgIpc) is 2.50. The van der Waals surface area contributed by atoms with Crippen LogP contribution < -0.4 is 10.6 Å². The van der Waals surface area contributed by atoms with Crippen LogP contribution in [0.15, 0.2) is 54.6 Å². The quantitative estimate of drug-likeness (QED) is 0.617. The Balaban J connectivity index is 1.85. The second-order valence-corrected chi connectivity index (χ2v) is 5.49. The summed E-state index contributed by atoms with van der Waals surface area (Å²) in [5.74, 6) is 0.303. The molecule has 0 aliphatic carbocycles. The van der Waals surface area contributed by atoms with Gasteiger partial charge in [-0.1, -0.05) is 35.9 Å². The molecule has 3 aromatic carbocycles. The predicted octanol–water partition coefficient (Wildman–Crippen LogP) is 4.39. The molecule has 0 amide bonds. The standard InChI is InChI=1S/C18H16N2O/c1-11-8-9-16(21)13(10-11)18-19-14-6-2-4-12-5-3-7-15(20-18)17(12)14/h2-10,18-21H,1H3. The molecule has 0 fully saturated rings. The van der Waals surface area contributed by atoms with Crippen LogP contribution in [0, 0.1) is 6.92 Å². The highest BCUT2D eigenvalue weighted by molar-refractivity contribution is 6.04. The van der Waals surface area contributed by atoms with Crippen LogP contribution in [0.1, 0.15) is 17.3 Å². The first kappa shape index (κ1) is 12.1. The van der Waals surface area contributed by atoms with Gasteiger partial charge in [-0.25, -0.2) is 0 Å². The van der Waals surface area contributed by atoms with Crippen molar-refractivity contribution in [2.75, 3.05) is 10.6 Å². The summed E-state index contributed by atoms with van der Waals surface area (Å²) >= 11 is 0. The van der Waals surface area contributed by atoms with Crippen LogP contribution in [0.3, 0.4) is 0 Å². The number of phenols is 1. The van der Waals surface area contributed by atoms with Gasteiger partial charge in [-0.15, -0.1) is 0 Å². The summed E-state index contributed by atoms with van der Waals surface area (Å²) in [6, 6.07) is 18.1. The molecule has 0 saturated heterocycles. The minimum atomic E-state index is -0.134. The zero-order valence-electron chi connectivity index (χ0n) is 11.7. The Kier molecular flexibility index (Phi) is 2.54. The van der Waals surface area contributed by atoms with Gasteiger partial charge in [-0.05, 0) is 36.6 Å². The number of rotatable bonds is 1. The Bertz CT molecular complexity index is 801. The van der Waals surface area contributed by atoms with Gasteiger partial charge in [0.15, 0.2) is 0 Å². The molecule has 0 bridgehead atoms. The van der Waals surface area contributed by atoms with E-state index in [0.717, 1.165) is 22.5 Å². The van der Waals surface area contributed by atoms with Gasteiger partial charge in [0.25, 0.3) is 0 Å². The fourth-order valence-corrected chi connectivity index (χ4v) is 2.99. The molecule has 3 heteroatoms. The van der Waals surface area contributed by atoms with Crippen molar-refractivity contribution < 1.29 is 5.11 Å². The van der Waals surface area contributed by atoms with E-state index in [1.54, 1.807) is 6.07 Å². The summed E-state index contributed by atoms with van der Waals surface area (Å²) in [5.41, 5.74) is 4.17. The smallest absolute Gasteiger partial charge is 0.127 e. The van der Waals surface area contributed by atoms with Crippen molar-refractivity contribution in [2.24, 2.45) is 0 Å². The van der Waals surface area contributed by atoms with Gasteiger partial charge in [-0.3, -0.25) is 0 Å². The molecule has 0 spiro atoms.